The van der Waals surface area contributed by atoms with E-state index in [1.165, 1.54) is 0 Å². The van der Waals surface area contributed by atoms with Gasteiger partial charge in [0.1, 0.15) is 6.04 Å². The van der Waals surface area contributed by atoms with Crippen LogP contribution in [0.15, 0.2) is 97.3 Å². The molecule has 0 aliphatic rings. The lowest BCUT2D eigenvalue weighted by atomic mass is 10.0. The van der Waals surface area contributed by atoms with Crippen LogP contribution in [-0.4, -0.2) is 64.6 Å². The van der Waals surface area contributed by atoms with E-state index in [2.05, 4.69) is 31.7 Å². The van der Waals surface area contributed by atoms with Crippen molar-refractivity contribution in [1.82, 2.24) is 36.4 Å². The van der Waals surface area contributed by atoms with Gasteiger partial charge in [-0.3, -0.25) is 19.2 Å². The monoisotopic (exact) mass is 651 g/mol. The summed E-state index contributed by atoms with van der Waals surface area (Å²) in [5, 5.41) is 19.1. The molecule has 252 valence electrons. The van der Waals surface area contributed by atoms with Gasteiger partial charge in [-0.05, 0) is 73.7 Å². The van der Waals surface area contributed by atoms with E-state index in [-0.39, 0.29) is 35.6 Å². The maximum absolute atomic E-state index is 13.5. The van der Waals surface area contributed by atoms with Gasteiger partial charge in [0.15, 0.2) is 0 Å². The summed E-state index contributed by atoms with van der Waals surface area (Å²) in [6, 6.07) is 24.3. The van der Waals surface area contributed by atoms with Crippen LogP contribution in [0.3, 0.4) is 0 Å². The number of carbonyl (C=O) groups excluding carboxylic acids is 4. The molecule has 4 amide bonds. The van der Waals surface area contributed by atoms with Gasteiger partial charge in [0.25, 0.3) is 11.8 Å². The highest BCUT2D eigenvalue weighted by Crippen LogP contribution is 2.11. The third kappa shape index (κ3) is 10.4. The largest absolute Gasteiger partial charge is 0.355 e. The van der Waals surface area contributed by atoms with Gasteiger partial charge in [-0.15, -0.1) is 0 Å². The molecular formula is C37H45N7O4. The minimum Gasteiger partial charge on any atom is -0.355 e. The highest BCUT2D eigenvalue weighted by molar-refractivity contribution is 5.99. The Kier molecular flexibility index (Phi) is 13.0. The summed E-state index contributed by atoms with van der Waals surface area (Å²) in [5.74, 6) is -1.25. The Balaban J connectivity index is 1.37. The fourth-order valence-corrected chi connectivity index (χ4v) is 5.12. The molecule has 11 heteroatoms. The van der Waals surface area contributed by atoms with Gasteiger partial charge in [0, 0.05) is 49.2 Å². The van der Waals surface area contributed by atoms with Crippen molar-refractivity contribution in [2.75, 3.05) is 13.1 Å². The van der Waals surface area contributed by atoms with E-state index in [4.69, 9.17) is 0 Å². The number of likely N-dealkylation sites (N-methyl/N-ethyl adjacent to an activating group) is 1. The number of hydrogen-bond donors (Lipinski definition) is 5. The zero-order valence-electron chi connectivity index (χ0n) is 27.9. The van der Waals surface area contributed by atoms with Crippen molar-refractivity contribution in [3.8, 4) is 5.69 Å². The average molecular weight is 652 g/mol. The molecule has 0 bridgehead atoms. The number of carbonyl (C=O) groups is 4. The van der Waals surface area contributed by atoms with Crippen molar-refractivity contribution in [3.05, 3.63) is 120 Å². The Morgan fingerprint density at radius 2 is 1.46 bits per heavy atom. The fourth-order valence-electron chi connectivity index (χ4n) is 5.12. The number of aromatic nitrogens is 2. The molecule has 0 aliphatic heterocycles. The first-order valence-electron chi connectivity index (χ1n) is 16.3. The number of rotatable bonds is 16. The van der Waals surface area contributed by atoms with E-state index in [0.717, 1.165) is 16.8 Å². The van der Waals surface area contributed by atoms with E-state index >= 15 is 0 Å². The molecule has 0 radical (unpaired) electrons. The highest BCUT2D eigenvalue weighted by atomic mass is 16.2. The molecule has 0 saturated heterocycles. The van der Waals surface area contributed by atoms with Crippen molar-refractivity contribution >= 4 is 23.6 Å². The molecule has 1 aromatic heterocycles. The zero-order chi connectivity index (χ0) is 34.5. The van der Waals surface area contributed by atoms with Gasteiger partial charge in [-0.25, -0.2) is 4.68 Å². The number of nitrogens with one attached hydrogen (secondary N) is 5. The van der Waals surface area contributed by atoms with Crippen LogP contribution in [0.25, 0.3) is 5.69 Å². The lowest BCUT2D eigenvalue weighted by Gasteiger charge is -2.25. The van der Waals surface area contributed by atoms with Gasteiger partial charge >= 0.3 is 0 Å². The normalized spacial score (nSPS) is 12.9. The average Bonchev–Trinajstić information content (AvgIpc) is 3.64. The molecule has 1 heterocycles. The number of amides is 4. The maximum atomic E-state index is 13.5. The minimum atomic E-state index is -0.654. The molecule has 3 atom stereocenters. The third-order valence-corrected chi connectivity index (χ3v) is 7.87. The van der Waals surface area contributed by atoms with Crippen LogP contribution in [0.1, 0.15) is 59.5 Å². The Morgan fingerprint density at radius 3 is 2.10 bits per heavy atom. The Labute approximate surface area is 281 Å². The summed E-state index contributed by atoms with van der Waals surface area (Å²) in [6.07, 6.45) is 4.09. The van der Waals surface area contributed by atoms with Crippen LogP contribution >= 0.6 is 0 Å². The van der Waals surface area contributed by atoms with E-state index in [1.807, 2.05) is 87.6 Å². The Bertz CT molecular complexity index is 1640. The van der Waals surface area contributed by atoms with Gasteiger partial charge in [-0.2, -0.15) is 5.10 Å². The summed E-state index contributed by atoms with van der Waals surface area (Å²) >= 11 is 0. The Hall–Kier alpha value is -5.29. The predicted molar refractivity (Wildman–Crippen MR) is 185 cm³/mol. The lowest BCUT2D eigenvalue weighted by Crippen LogP contribution is -2.55. The molecule has 11 nitrogen and oxygen atoms in total. The maximum Gasteiger partial charge on any atom is 0.251 e. The Morgan fingerprint density at radius 1 is 0.750 bits per heavy atom. The second kappa shape index (κ2) is 17.6. The van der Waals surface area contributed by atoms with Crippen LogP contribution in [0, 0.1) is 5.92 Å². The van der Waals surface area contributed by atoms with Gasteiger partial charge < -0.3 is 26.6 Å². The molecule has 0 saturated carbocycles. The molecule has 48 heavy (non-hydrogen) atoms. The summed E-state index contributed by atoms with van der Waals surface area (Å²) in [6.45, 7) is 8.41. The van der Waals surface area contributed by atoms with Crippen molar-refractivity contribution < 1.29 is 19.2 Å². The highest BCUT2D eigenvalue weighted by Gasteiger charge is 2.26. The van der Waals surface area contributed by atoms with E-state index in [0.29, 0.717) is 37.2 Å². The summed E-state index contributed by atoms with van der Waals surface area (Å²) in [7, 11) is 0. The topological polar surface area (TPSA) is 146 Å². The number of benzene rings is 3. The lowest BCUT2D eigenvalue weighted by molar-refractivity contribution is -0.130. The second-order valence-corrected chi connectivity index (χ2v) is 12.0. The SMILES string of the molecule is CCNC(=O)[C@@H](NC(=O)[C@H](C)NC[C@H](Cc1ccccc1)NC(=O)c1cccc(C(=O)NCc2ccc(-n3cccn3)cc2)c1)C(C)C. The molecule has 0 unspecified atom stereocenters. The fraction of sp³-hybridized carbons (Fsp3) is 0.324. The molecule has 0 spiro atoms. The third-order valence-electron chi connectivity index (χ3n) is 7.87. The van der Waals surface area contributed by atoms with E-state index < -0.39 is 12.1 Å². The van der Waals surface area contributed by atoms with Crippen LogP contribution in [0.4, 0.5) is 0 Å². The molecule has 3 aromatic carbocycles. The molecule has 4 rings (SSSR count). The molecule has 0 aliphatic carbocycles. The standard InChI is InChI=1S/C37H45N7O4/c1-5-38-37(48)33(25(2)3)43-34(45)26(4)39-24-31(21-27-11-7-6-8-12-27)42-36(47)30-14-9-13-29(22-30)35(46)40-23-28-15-17-32(18-16-28)44-20-10-19-41-44/h6-20,22,25-26,31,33,39H,5,21,23-24H2,1-4H3,(H,38,48)(H,40,46)(H,42,47)(H,43,45)/t26-,31-,33-/m0/s1. The number of nitrogens with zero attached hydrogens (tertiary/aromatic N) is 2. The first-order valence-corrected chi connectivity index (χ1v) is 16.3. The molecule has 5 N–H and O–H groups in total. The van der Waals surface area contributed by atoms with Gasteiger partial charge in [0.05, 0.1) is 11.7 Å². The molecule has 0 fully saturated rings. The first-order chi connectivity index (χ1) is 23.1. The van der Waals surface area contributed by atoms with E-state index in [1.54, 1.807) is 42.1 Å². The predicted octanol–water partition coefficient (Wildman–Crippen LogP) is 3.40. The molecule has 4 aromatic rings. The van der Waals surface area contributed by atoms with Crippen LogP contribution in [0.2, 0.25) is 0 Å². The van der Waals surface area contributed by atoms with Crippen molar-refractivity contribution in [2.45, 2.75) is 58.8 Å². The van der Waals surface area contributed by atoms with E-state index in [9.17, 15) is 19.2 Å². The quantitative estimate of drug-likeness (QED) is 0.126. The van der Waals surface area contributed by atoms with Crippen LogP contribution in [-0.2, 0) is 22.6 Å². The van der Waals surface area contributed by atoms with Crippen molar-refractivity contribution in [1.29, 1.82) is 0 Å². The first kappa shape index (κ1) is 35.6. The van der Waals surface area contributed by atoms with Crippen LogP contribution < -0.4 is 26.6 Å². The minimum absolute atomic E-state index is 0.0876. The summed E-state index contributed by atoms with van der Waals surface area (Å²) in [4.78, 5) is 52.0. The number of hydrogen-bond acceptors (Lipinski definition) is 6. The van der Waals surface area contributed by atoms with Gasteiger partial charge in [0.2, 0.25) is 11.8 Å². The van der Waals surface area contributed by atoms with Crippen LogP contribution in [0.5, 0.6) is 0 Å². The summed E-state index contributed by atoms with van der Waals surface area (Å²) < 4.78 is 1.76. The molecular weight excluding hydrogens is 606 g/mol. The summed E-state index contributed by atoms with van der Waals surface area (Å²) in [5.41, 5.74) is 3.57. The van der Waals surface area contributed by atoms with Crippen molar-refractivity contribution in [3.63, 3.8) is 0 Å². The van der Waals surface area contributed by atoms with Gasteiger partial charge in [-0.1, -0.05) is 62.4 Å². The second-order valence-electron chi connectivity index (χ2n) is 12.0. The van der Waals surface area contributed by atoms with Crippen molar-refractivity contribution in [2.24, 2.45) is 5.92 Å². The zero-order valence-corrected chi connectivity index (χ0v) is 27.9. The smallest absolute Gasteiger partial charge is 0.251 e.